The van der Waals surface area contributed by atoms with Crippen molar-refractivity contribution in [3.63, 3.8) is 0 Å². The number of sulfonamides is 1. The maximum atomic E-state index is 12.2. The largest absolute Gasteiger partial charge is 0.496 e. The van der Waals surface area contributed by atoms with Gasteiger partial charge in [-0.25, -0.2) is 17.9 Å². The van der Waals surface area contributed by atoms with Crippen LogP contribution >= 0.6 is 0 Å². The minimum absolute atomic E-state index is 0.0394. The number of aromatic carboxylic acids is 1. The number of hydrogen-bond acceptors (Lipinski definition) is 5. The van der Waals surface area contributed by atoms with E-state index in [4.69, 9.17) is 15.1 Å². The smallest absolute Gasteiger partial charge is 0.339 e. The Morgan fingerprint density at radius 1 is 1.52 bits per heavy atom. The van der Waals surface area contributed by atoms with E-state index in [0.717, 1.165) is 6.07 Å². The molecule has 0 heterocycles. The summed E-state index contributed by atoms with van der Waals surface area (Å²) in [6.45, 7) is 1.75. The fourth-order valence-corrected chi connectivity index (χ4v) is 3.03. The Kier molecular flexibility index (Phi) is 5.69. The van der Waals surface area contributed by atoms with Crippen LogP contribution < -0.4 is 9.46 Å². The molecule has 0 amide bonds. The summed E-state index contributed by atoms with van der Waals surface area (Å²) in [4.78, 5) is 10.9. The number of hydrogen-bond donors (Lipinski definition) is 2. The number of nitrogens with one attached hydrogen (secondary N) is 1. The van der Waals surface area contributed by atoms with E-state index >= 15 is 0 Å². The first-order chi connectivity index (χ1) is 9.85. The van der Waals surface area contributed by atoms with Crippen LogP contribution in [0.25, 0.3) is 0 Å². The molecule has 0 aliphatic carbocycles. The molecule has 0 aromatic heterocycles. The lowest BCUT2D eigenvalue weighted by atomic mass is 10.2. The summed E-state index contributed by atoms with van der Waals surface area (Å²) in [6, 6.07) is 4.95. The highest BCUT2D eigenvalue weighted by Crippen LogP contribution is 2.22. The van der Waals surface area contributed by atoms with Crippen molar-refractivity contribution in [3.05, 3.63) is 23.8 Å². The minimum atomic E-state index is -3.89. The second-order valence-electron chi connectivity index (χ2n) is 4.26. The molecule has 2 N–H and O–H groups in total. The van der Waals surface area contributed by atoms with Crippen LogP contribution in [0.3, 0.4) is 0 Å². The summed E-state index contributed by atoms with van der Waals surface area (Å²) in [5.74, 6) is -1.21. The zero-order chi connectivity index (χ0) is 16.0. The number of nitriles is 1. The molecule has 1 rings (SSSR count). The molecule has 21 heavy (non-hydrogen) atoms. The highest BCUT2D eigenvalue weighted by molar-refractivity contribution is 7.89. The number of nitrogens with zero attached hydrogens (tertiary/aromatic N) is 1. The number of ether oxygens (including phenoxy) is 1. The SMILES string of the molecule is CCC(CC#N)NS(=O)(=O)c1ccc(OC)c(C(=O)O)c1. The average molecular weight is 312 g/mol. The van der Waals surface area contributed by atoms with Gasteiger partial charge in [0, 0.05) is 6.04 Å². The summed E-state index contributed by atoms with van der Waals surface area (Å²) in [7, 11) is -2.59. The Bertz CT molecular complexity index is 664. The van der Waals surface area contributed by atoms with Gasteiger partial charge in [0.25, 0.3) is 0 Å². The van der Waals surface area contributed by atoms with Gasteiger partial charge in [0.15, 0.2) is 0 Å². The van der Waals surface area contributed by atoms with E-state index in [-0.39, 0.29) is 22.6 Å². The van der Waals surface area contributed by atoms with Gasteiger partial charge in [-0.3, -0.25) is 0 Å². The van der Waals surface area contributed by atoms with Crippen LogP contribution in [0.1, 0.15) is 30.1 Å². The van der Waals surface area contributed by atoms with Gasteiger partial charge >= 0.3 is 5.97 Å². The van der Waals surface area contributed by atoms with E-state index in [1.165, 1.54) is 19.2 Å². The lowest BCUT2D eigenvalue weighted by molar-refractivity contribution is 0.0693. The molecule has 0 aliphatic rings. The first kappa shape index (κ1) is 16.9. The highest BCUT2D eigenvalue weighted by atomic mass is 32.2. The molecule has 1 unspecified atom stereocenters. The van der Waals surface area contributed by atoms with E-state index in [0.29, 0.717) is 6.42 Å². The van der Waals surface area contributed by atoms with Gasteiger partial charge in [0.05, 0.1) is 24.5 Å². The Labute approximate surface area is 123 Å². The Morgan fingerprint density at radius 2 is 2.19 bits per heavy atom. The topological polar surface area (TPSA) is 116 Å². The molecule has 0 fully saturated rings. The third kappa shape index (κ3) is 4.18. The van der Waals surface area contributed by atoms with Gasteiger partial charge in [-0.1, -0.05) is 6.92 Å². The minimum Gasteiger partial charge on any atom is -0.496 e. The summed E-state index contributed by atoms with van der Waals surface area (Å²) in [6.07, 6.45) is 0.492. The van der Waals surface area contributed by atoms with E-state index in [1.54, 1.807) is 6.92 Å². The molecule has 0 radical (unpaired) electrons. The number of carboxylic acids is 1. The van der Waals surface area contributed by atoms with Crippen molar-refractivity contribution in [1.82, 2.24) is 4.72 Å². The third-order valence-electron chi connectivity index (χ3n) is 2.86. The van der Waals surface area contributed by atoms with E-state index in [1.807, 2.05) is 6.07 Å². The van der Waals surface area contributed by atoms with Gasteiger partial charge in [-0.15, -0.1) is 0 Å². The molecule has 0 spiro atoms. The third-order valence-corrected chi connectivity index (χ3v) is 4.38. The van der Waals surface area contributed by atoms with Crippen molar-refractivity contribution in [2.75, 3.05) is 7.11 Å². The Morgan fingerprint density at radius 3 is 2.67 bits per heavy atom. The number of rotatable bonds is 7. The second kappa shape index (κ2) is 7.06. The first-order valence-electron chi connectivity index (χ1n) is 6.16. The van der Waals surface area contributed by atoms with Gasteiger partial charge in [0.1, 0.15) is 11.3 Å². The van der Waals surface area contributed by atoms with E-state index in [2.05, 4.69) is 4.72 Å². The predicted octanol–water partition coefficient (Wildman–Crippen LogP) is 1.36. The molecule has 0 saturated heterocycles. The van der Waals surface area contributed by atoms with Crippen molar-refractivity contribution < 1.29 is 23.1 Å². The lowest BCUT2D eigenvalue weighted by Gasteiger charge is -2.15. The van der Waals surface area contributed by atoms with Crippen LogP contribution in [0, 0.1) is 11.3 Å². The summed E-state index contributed by atoms with van der Waals surface area (Å²) in [5.41, 5.74) is -0.242. The number of carboxylic acid groups (broad SMARTS) is 1. The monoisotopic (exact) mass is 312 g/mol. The normalized spacial score (nSPS) is 12.4. The maximum Gasteiger partial charge on any atom is 0.339 e. The first-order valence-corrected chi connectivity index (χ1v) is 7.64. The van der Waals surface area contributed by atoms with Crippen LogP contribution in [-0.2, 0) is 10.0 Å². The maximum absolute atomic E-state index is 12.2. The van der Waals surface area contributed by atoms with Crippen molar-refractivity contribution >= 4 is 16.0 Å². The molecular weight excluding hydrogens is 296 g/mol. The molecule has 1 aromatic carbocycles. The predicted molar refractivity (Wildman–Crippen MR) is 74.6 cm³/mol. The van der Waals surface area contributed by atoms with E-state index < -0.39 is 22.0 Å². The number of carbonyl (C=O) groups is 1. The summed E-state index contributed by atoms with van der Waals surface area (Å²) >= 11 is 0. The summed E-state index contributed by atoms with van der Waals surface area (Å²) in [5, 5.41) is 17.7. The van der Waals surface area contributed by atoms with Crippen molar-refractivity contribution in [3.8, 4) is 11.8 Å². The number of benzene rings is 1. The lowest BCUT2D eigenvalue weighted by Crippen LogP contribution is -2.34. The van der Waals surface area contributed by atoms with Crippen LogP contribution in [-0.4, -0.2) is 32.6 Å². The van der Waals surface area contributed by atoms with Gasteiger partial charge in [0.2, 0.25) is 10.0 Å². The molecule has 7 nitrogen and oxygen atoms in total. The average Bonchev–Trinajstić information content (AvgIpc) is 2.45. The number of methoxy groups -OCH3 is 1. The second-order valence-corrected chi connectivity index (χ2v) is 5.97. The molecule has 1 atom stereocenters. The molecule has 1 aromatic rings. The van der Waals surface area contributed by atoms with Crippen LogP contribution in [0.15, 0.2) is 23.1 Å². The van der Waals surface area contributed by atoms with Crippen molar-refractivity contribution in [1.29, 1.82) is 5.26 Å². The van der Waals surface area contributed by atoms with Gasteiger partial charge in [-0.05, 0) is 24.6 Å². The summed E-state index contributed by atoms with van der Waals surface area (Å²) < 4.78 is 31.6. The van der Waals surface area contributed by atoms with Crippen molar-refractivity contribution in [2.24, 2.45) is 0 Å². The van der Waals surface area contributed by atoms with Crippen LogP contribution in [0.2, 0.25) is 0 Å². The Hall–Kier alpha value is -2.11. The molecule has 8 heteroatoms. The fraction of sp³-hybridized carbons (Fsp3) is 0.385. The van der Waals surface area contributed by atoms with Gasteiger partial charge in [-0.2, -0.15) is 5.26 Å². The van der Waals surface area contributed by atoms with Gasteiger partial charge < -0.3 is 9.84 Å². The molecular formula is C13H16N2O5S. The standard InChI is InChI=1S/C13H16N2O5S/c1-3-9(6-7-14)15-21(18,19)10-4-5-12(20-2)11(8-10)13(16)17/h4-5,8-9,15H,3,6H2,1-2H3,(H,16,17). The zero-order valence-corrected chi connectivity index (χ0v) is 12.5. The quantitative estimate of drug-likeness (QED) is 0.785. The van der Waals surface area contributed by atoms with Crippen molar-refractivity contribution in [2.45, 2.75) is 30.7 Å². The molecule has 0 bridgehead atoms. The molecule has 0 saturated carbocycles. The fourth-order valence-electron chi connectivity index (χ4n) is 1.69. The van der Waals surface area contributed by atoms with E-state index in [9.17, 15) is 13.2 Å². The highest BCUT2D eigenvalue weighted by Gasteiger charge is 2.22. The van der Waals surface area contributed by atoms with Crippen LogP contribution in [0.5, 0.6) is 5.75 Å². The zero-order valence-electron chi connectivity index (χ0n) is 11.7. The molecule has 114 valence electrons. The molecule has 0 aliphatic heterocycles. The van der Waals surface area contributed by atoms with Crippen LogP contribution in [0.4, 0.5) is 0 Å². The Balaban J connectivity index is 3.17.